The number of rotatable bonds is 5. The van der Waals surface area contributed by atoms with Crippen molar-refractivity contribution in [2.75, 3.05) is 11.0 Å². The second-order valence-corrected chi connectivity index (χ2v) is 8.41. The second kappa shape index (κ2) is 7.45. The quantitative estimate of drug-likeness (QED) is 0.668. The molecule has 0 aliphatic heterocycles. The lowest BCUT2D eigenvalue weighted by molar-refractivity contribution is 0.0687. The highest BCUT2D eigenvalue weighted by atomic mass is 32.2. The zero-order chi connectivity index (χ0) is 21.3. The van der Waals surface area contributed by atoms with Crippen molar-refractivity contribution in [2.45, 2.75) is 6.92 Å². The molecule has 1 heterocycles. The summed E-state index contributed by atoms with van der Waals surface area (Å²) in [6.45, 7) is 1.70. The zero-order valence-electron chi connectivity index (χ0n) is 16.1. The molecule has 0 radical (unpaired) electrons. The lowest BCUT2D eigenvalue weighted by Crippen LogP contribution is -2.10. The van der Waals surface area contributed by atoms with Crippen molar-refractivity contribution in [3.05, 3.63) is 65.5 Å². The Labute approximate surface area is 168 Å². The molecule has 3 rings (SSSR count). The van der Waals surface area contributed by atoms with Crippen LogP contribution < -0.4 is 4.72 Å². The third kappa shape index (κ3) is 3.86. The number of benzene rings is 2. The highest BCUT2D eigenvalue weighted by Crippen LogP contribution is 2.35. The van der Waals surface area contributed by atoms with Gasteiger partial charge in [-0.2, -0.15) is 5.26 Å². The molecule has 0 aliphatic rings. The van der Waals surface area contributed by atoms with E-state index in [9.17, 15) is 23.6 Å². The minimum absolute atomic E-state index is 0.0472. The van der Waals surface area contributed by atoms with Gasteiger partial charge in [0.05, 0.1) is 17.5 Å². The number of nitrogens with one attached hydrogen (secondary N) is 1. The molecular formula is C21H19N3O4S. The Kier molecular flexibility index (Phi) is 5.18. The summed E-state index contributed by atoms with van der Waals surface area (Å²) in [5.74, 6) is -1.11. The monoisotopic (exact) mass is 409 g/mol. The van der Waals surface area contributed by atoms with E-state index >= 15 is 0 Å². The molecular weight excluding hydrogens is 390 g/mol. The molecule has 2 N–H and O–H groups in total. The summed E-state index contributed by atoms with van der Waals surface area (Å²) < 4.78 is 27.3. The number of aromatic carboxylic acids is 1. The number of hydrogen-bond acceptors (Lipinski definition) is 4. The molecule has 0 unspecified atom stereocenters. The number of nitrogens with zero attached hydrogens (tertiary/aromatic N) is 2. The Morgan fingerprint density at radius 2 is 1.69 bits per heavy atom. The predicted octanol–water partition coefficient (Wildman–Crippen LogP) is 3.61. The first-order valence-electron chi connectivity index (χ1n) is 8.64. The largest absolute Gasteiger partial charge is 0.477 e. The van der Waals surface area contributed by atoms with Crippen LogP contribution >= 0.6 is 0 Å². The Morgan fingerprint density at radius 1 is 1.10 bits per heavy atom. The fourth-order valence-corrected chi connectivity index (χ4v) is 3.89. The maximum absolute atomic E-state index is 11.8. The number of anilines is 1. The maximum atomic E-state index is 11.8. The number of para-hydroxylation sites is 1. The minimum atomic E-state index is -3.44. The summed E-state index contributed by atoms with van der Waals surface area (Å²) >= 11 is 0. The molecule has 0 saturated carbocycles. The molecule has 0 saturated heterocycles. The van der Waals surface area contributed by atoms with E-state index in [4.69, 9.17) is 0 Å². The first kappa shape index (κ1) is 20.2. The van der Waals surface area contributed by atoms with Crippen LogP contribution in [0.25, 0.3) is 22.3 Å². The summed E-state index contributed by atoms with van der Waals surface area (Å²) in [5.41, 5.74) is 3.79. The van der Waals surface area contributed by atoms with Crippen LogP contribution in [0.2, 0.25) is 0 Å². The molecule has 0 atom stereocenters. The fraction of sp³-hybridized carbons (Fsp3) is 0.143. The highest BCUT2D eigenvalue weighted by molar-refractivity contribution is 7.92. The number of aromatic nitrogens is 1. The lowest BCUT2D eigenvalue weighted by Gasteiger charge is -2.11. The van der Waals surface area contributed by atoms with E-state index < -0.39 is 16.0 Å². The van der Waals surface area contributed by atoms with Crippen LogP contribution in [0.3, 0.4) is 0 Å². The third-order valence-electron chi connectivity index (χ3n) is 4.71. The average molecular weight is 409 g/mol. The Bertz CT molecular complexity index is 1250. The molecule has 148 valence electrons. The number of carbonyl (C=O) groups is 1. The Hall–Kier alpha value is -3.57. The summed E-state index contributed by atoms with van der Waals surface area (Å²) in [6.07, 6.45) is 1.08. The Balaban J connectivity index is 2.12. The number of nitriles is 1. The van der Waals surface area contributed by atoms with Crippen LogP contribution in [-0.2, 0) is 17.1 Å². The van der Waals surface area contributed by atoms with Gasteiger partial charge in [0.25, 0.3) is 0 Å². The summed E-state index contributed by atoms with van der Waals surface area (Å²) in [4.78, 5) is 11.8. The molecule has 0 bridgehead atoms. The standard InChI is InChI=1S/C21H19N3O4S/c1-13-17(12-22)19(20(21(25)26)24(13)2)15-10-8-14(9-11-15)16-6-4-5-7-18(16)23-29(3,27)28/h4-11,23H,1-3H3,(H,25,26). The highest BCUT2D eigenvalue weighted by Gasteiger charge is 2.24. The van der Waals surface area contributed by atoms with E-state index in [0.717, 1.165) is 11.8 Å². The summed E-state index contributed by atoms with van der Waals surface area (Å²) in [6, 6.07) is 16.1. The Morgan fingerprint density at radius 3 is 2.24 bits per heavy atom. The summed E-state index contributed by atoms with van der Waals surface area (Å²) in [5, 5.41) is 19.2. The normalized spacial score (nSPS) is 11.1. The van der Waals surface area contributed by atoms with E-state index in [1.807, 2.05) is 0 Å². The first-order valence-corrected chi connectivity index (χ1v) is 10.5. The average Bonchev–Trinajstić information content (AvgIpc) is 2.92. The van der Waals surface area contributed by atoms with Gasteiger partial charge in [0.15, 0.2) is 0 Å². The van der Waals surface area contributed by atoms with E-state index in [1.54, 1.807) is 62.5 Å². The molecule has 0 spiro atoms. The molecule has 8 heteroatoms. The molecule has 3 aromatic rings. The lowest BCUT2D eigenvalue weighted by atomic mass is 9.97. The molecule has 29 heavy (non-hydrogen) atoms. The molecule has 0 fully saturated rings. The second-order valence-electron chi connectivity index (χ2n) is 6.66. The van der Waals surface area contributed by atoms with E-state index in [1.165, 1.54) is 4.57 Å². The number of sulfonamides is 1. The summed E-state index contributed by atoms with van der Waals surface area (Å²) in [7, 11) is -1.82. The maximum Gasteiger partial charge on any atom is 0.353 e. The zero-order valence-corrected chi connectivity index (χ0v) is 16.9. The van der Waals surface area contributed by atoms with Crippen LogP contribution in [-0.4, -0.2) is 30.3 Å². The SMILES string of the molecule is Cc1c(C#N)c(-c2ccc(-c3ccccc3NS(C)(=O)=O)cc2)c(C(=O)O)n1C. The van der Waals surface area contributed by atoms with Gasteiger partial charge < -0.3 is 9.67 Å². The van der Waals surface area contributed by atoms with Crippen molar-refractivity contribution in [1.29, 1.82) is 5.26 Å². The van der Waals surface area contributed by atoms with Gasteiger partial charge in [-0.15, -0.1) is 0 Å². The van der Waals surface area contributed by atoms with Gasteiger partial charge in [-0.3, -0.25) is 4.72 Å². The van der Waals surface area contributed by atoms with Gasteiger partial charge in [0.2, 0.25) is 10.0 Å². The first-order chi connectivity index (χ1) is 13.6. The van der Waals surface area contributed by atoms with Gasteiger partial charge >= 0.3 is 5.97 Å². The van der Waals surface area contributed by atoms with Gasteiger partial charge in [-0.05, 0) is 24.1 Å². The van der Waals surface area contributed by atoms with Crippen LogP contribution in [0.4, 0.5) is 5.69 Å². The van der Waals surface area contributed by atoms with Crippen molar-refractivity contribution >= 4 is 21.7 Å². The van der Waals surface area contributed by atoms with Crippen molar-refractivity contribution in [1.82, 2.24) is 4.57 Å². The fourth-order valence-electron chi connectivity index (χ4n) is 3.31. The van der Waals surface area contributed by atoms with Gasteiger partial charge in [0.1, 0.15) is 11.8 Å². The van der Waals surface area contributed by atoms with E-state index in [0.29, 0.717) is 33.6 Å². The molecule has 1 aromatic heterocycles. The van der Waals surface area contributed by atoms with Crippen LogP contribution in [0.5, 0.6) is 0 Å². The molecule has 0 aliphatic carbocycles. The number of hydrogen-bond donors (Lipinski definition) is 2. The van der Waals surface area contributed by atoms with E-state index in [-0.39, 0.29) is 5.69 Å². The third-order valence-corrected chi connectivity index (χ3v) is 5.30. The van der Waals surface area contributed by atoms with Gasteiger partial charge in [-0.25, -0.2) is 13.2 Å². The van der Waals surface area contributed by atoms with Gasteiger partial charge in [0, 0.05) is 23.9 Å². The number of carboxylic acid groups (broad SMARTS) is 1. The van der Waals surface area contributed by atoms with Crippen LogP contribution in [0.15, 0.2) is 48.5 Å². The molecule has 7 nitrogen and oxygen atoms in total. The van der Waals surface area contributed by atoms with Gasteiger partial charge in [-0.1, -0.05) is 42.5 Å². The van der Waals surface area contributed by atoms with E-state index in [2.05, 4.69) is 10.8 Å². The van der Waals surface area contributed by atoms with Crippen LogP contribution in [0.1, 0.15) is 21.7 Å². The smallest absolute Gasteiger partial charge is 0.353 e. The molecule has 0 amide bonds. The molecule has 2 aromatic carbocycles. The van der Waals surface area contributed by atoms with Crippen LogP contribution in [0, 0.1) is 18.3 Å². The van der Waals surface area contributed by atoms with Crippen molar-refractivity contribution < 1.29 is 18.3 Å². The van der Waals surface area contributed by atoms with Crippen molar-refractivity contribution in [3.8, 4) is 28.3 Å². The van der Waals surface area contributed by atoms with Crippen molar-refractivity contribution in [3.63, 3.8) is 0 Å². The predicted molar refractivity (Wildman–Crippen MR) is 111 cm³/mol. The van der Waals surface area contributed by atoms with Crippen molar-refractivity contribution in [2.24, 2.45) is 7.05 Å². The number of carboxylic acids is 1. The minimum Gasteiger partial charge on any atom is -0.477 e. The topological polar surface area (TPSA) is 112 Å².